The predicted octanol–water partition coefficient (Wildman–Crippen LogP) is 3.55. The zero-order valence-electron chi connectivity index (χ0n) is 14.8. The van der Waals surface area contributed by atoms with Gasteiger partial charge >= 0.3 is 0 Å². The van der Waals surface area contributed by atoms with Gasteiger partial charge in [0.15, 0.2) is 6.10 Å². The smallest absolute Gasteiger partial charge is 0.254 e. The summed E-state index contributed by atoms with van der Waals surface area (Å²) in [6, 6.07) is 20.3. The highest BCUT2D eigenvalue weighted by Crippen LogP contribution is 2.44. The van der Waals surface area contributed by atoms with Gasteiger partial charge in [-0.05, 0) is 24.0 Å². The molecule has 2 aromatic carbocycles. The molecule has 0 bridgehead atoms. The van der Waals surface area contributed by atoms with Crippen molar-refractivity contribution in [3.8, 4) is 22.3 Å². The van der Waals surface area contributed by atoms with Gasteiger partial charge < -0.3 is 15.0 Å². The summed E-state index contributed by atoms with van der Waals surface area (Å²) in [6.07, 6.45) is 0.784. The molecule has 3 aromatic rings. The summed E-state index contributed by atoms with van der Waals surface area (Å²) in [4.78, 5) is 12.3. The molecule has 1 aliphatic heterocycles. The van der Waals surface area contributed by atoms with Crippen molar-refractivity contribution in [2.45, 2.75) is 25.5 Å². The minimum Gasteiger partial charge on any atom is -0.377 e. The lowest BCUT2D eigenvalue weighted by molar-refractivity contribution is -0.129. The van der Waals surface area contributed by atoms with Gasteiger partial charge in [-0.3, -0.25) is 4.79 Å². The highest BCUT2D eigenvalue weighted by atomic mass is 16.3. The van der Waals surface area contributed by atoms with E-state index >= 15 is 0 Å². The zero-order valence-corrected chi connectivity index (χ0v) is 14.8. The summed E-state index contributed by atoms with van der Waals surface area (Å²) < 4.78 is 2.14. The Morgan fingerprint density at radius 2 is 1.58 bits per heavy atom. The van der Waals surface area contributed by atoms with Gasteiger partial charge in [-0.15, -0.1) is 0 Å². The van der Waals surface area contributed by atoms with Crippen LogP contribution >= 0.6 is 0 Å². The van der Waals surface area contributed by atoms with Gasteiger partial charge in [0.1, 0.15) is 0 Å². The second-order valence-electron chi connectivity index (χ2n) is 6.59. The summed E-state index contributed by atoms with van der Waals surface area (Å²) in [5.74, 6) is -0.381. The highest BCUT2D eigenvalue weighted by Gasteiger charge is 2.33. The predicted molar refractivity (Wildman–Crippen MR) is 103 cm³/mol. The lowest BCUT2D eigenvalue weighted by Crippen LogP contribution is -2.27. The minimum absolute atomic E-state index is 0.381. The summed E-state index contributed by atoms with van der Waals surface area (Å²) in [5.41, 5.74) is 6.13. The molecule has 1 aromatic heterocycles. The number of fused-ring (bicyclic) bond motifs is 1. The minimum atomic E-state index is -1.19. The summed E-state index contributed by atoms with van der Waals surface area (Å²) in [7, 11) is 1.56. The molecule has 0 saturated heterocycles. The molecule has 1 amide bonds. The quantitative estimate of drug-likeness (QED) is 0.759. The van der Waals surface area contributed by atoms with Crippen LogP contribution in [0, 0.1) is 0 Å². The lowest BCUT2D eigenvalue weighted by Gasteiger charge is -2.16. The molecular formula is C22H22N2O2. The molecule has 4 nitrogen and oxygen atoms in total. The number of aliphatic hydroxyl groups excluding tert-OH is 1. The molecule has 0 spiro atoms. The Labute approximate surface area is 153 Å². The maximum absolute atomic E-state index is 12.3. The van der Waals surface area contributed by atoms with E-state index in [1.165, 1.54) is 5.69 Å². The Hall–Kier alpha value is -2.85. The van der Waals surface area contributed by atoms with Crippen LogP contribution < -0.4 is 5.32 Å². The number of rotatable bonds is 4. The van der Waals surface area contributed by atoms with Crippen molar-refractivity contribution >= 4 is 5.91 Å². The van der Waals surface area contributed by atoms with Gasteiger partial charge in [0, 0.05) is 30.4 Å². The van der Waals surface area contributed by atoms with Crippen molar-refractivity contribution in [1.82, 2.24) is 9.88 Å². The van der Waals surface area contributed by atoms with Crippen LogP contribution in [0.4, 0.5) is 0 Å². The van der Waals surface area contributed by atoms with Crippen LogP contribution in [0.2, 0.25) is 0 Å². The van der Waals surface area contributed by atoms with E-state index in [4.69, 9.17) is 0 Å². The Morgan fingerprint density at radius 3 is 2.15 bits per heavy atom. The molecule has 132 valence electrons. The average molecular weight is 346 g/mol. The SMILES string of the molecule is CNC(=O)C(O)c1c(-c2ccccc2)c(-c2ccccc2)c2n1CCC2. The first-order valence-corrected chi connectivity index (χ1v) is 8.98. The molecular weight excluding hydrogens is 324 g/mol. The van der Waals surface area contributed by atoms with Gasteiger partial charge in [-0.1, -0.05) is 60.7 Å². The molecule has 0 aliphatic carbocycles. The molecule has 2 N–H and O–H groups in total. The largest absolute Gasteiger partial charge is 0.377 e. The number of carbonyl (C=O) groups is 1. The van der Waals surface area contributed by atoms with Crippen LogP contribution in [-0.4, -0.2) is 22.6 Å². The number of aromatic nitrogens is 1. The first kappa shape index (κ1) is 16.6. The second-order valence-corrected chi connectivity index (χ2v) is 6.59. The van der Waals surface area contributed by atoms with Gasteiger partial charge in [0.05, 0.1) is 5.69 Å². The first-order valence-electron chi connectivity index (χ1n) is 8.98. The van der Waals surface area contributed by atoms with E-state index in [-0.39, 0.29) is 5.91 Å². The van der Waals surface area contributed by atoms with Crippen molar-refractivity contribution in [2.75, 3.05) is 7.05 Å². The molecule has 0 radical (unpaired) electrons. The monoisotopic (exact) mass is 346 g/mol. The summed E-state index contributed by atoms with van der Waals surface area (Å²) >= 11 is 0. The third-order valence-electron chi connectivity index (χ3n) is 5.09. The Morgan fingerprint density at radius 1 is 1.00 bits per heavy atom. The van der Waals surface area contributed by atoms with Gasteiger partial charge in [0.2, 0.25) is 0 Å². The Bertz CT molecular complexity index is 930. The molecule has 26 heavy (non-hydrogen) atoms. The van der Waals surface area contributed by atoms with Crippen LogP contribution in [0.25, 0.3) is 22.3 Å². The first-order chi connectivity index (χ1) is 12.7. The van der Waals surface area contributed by atoms with E-state index in [0.29, 0.717) is 5.69 Å². The molecule has 1 atom stereocenters. The third-order valence-corrected chi connectivity index (χ3v) is 5.09. The molecule has 4 rings (SSSR count). The number of likely N-dealkylation sites (N-methyl/N-ethyl adjacent to an activating group) is 1. The van der Waals surface area contributed by atoms with E-state index < -0.39 is 6.10 Å². The maximum atomic E-state index is 12.3. The molecule has 1 aliphatic rings. The summed E-state index contributed by atoms with van der Waals surface area (Å²) in [5, 5.41) is 13.4. The van der Waals surface area contributed by atoms with Crippen molar-refractivity contribution < 1.29 is 9.90 Å². The number of benzene rings is 2. The standard InChI is InChI=1S/C22H22N2O2/c1-23-22(26)21(25)20-19(16-11-6-3-7-12-16)18(15-9-4-2-5-10-15)17-13-8-14-24(17)20/h2-7,9-12,21,25H,8,13-14H2,1H3,(H,23,26). The van der Waals surface area contributed by atoms with Crippen LogP contribution in [-0.2, 0) is 17.8 Å². The molecule has 2 heterocycles. The molecule has 1 unspecified atom stereocenters. The molecule has 0 saturated carbocycles. The number of aliphatic hydroxyl groups is 1. The maximum Gasteiger partial charge on any atom is 0.254 e. The number of nitrogens with zero attached hydrogens (tertiary/aromatic N) is 1. The number of hydrogen-bond donors (Lipinski definition) is 2. The topological polar surface area (TPSA) is 54.3 Å². The van der Waals surface area contributed by atoms with E-state index in [1.54, 1.807) is 7.05 Å². The fourth-order valence-electron chi connectivity index (χ4n) is 3.97. The van der Waals surface area contributed by atoms with Crippen molar-refractivity contribution in [1.29, 1.82) is 0 Å². The fourth-order valence-corrected chi connectivity index (χ4v) is 3.97. The van der Waals surface area contributed by atoms with E-state index in [1.807, 2.05) is 48.5 Å². The lowest BCUT2D eigenvalue weighted by atomic mass is 9.92. The van der Waals surface area contributed by atoms with Crippen molar-refractivity contribution in [2.24, 2.45) is 0 Å². The summed E-state index contributed by atoms with van der Waals surface area (Å²) in [6.45, 7) is 0.825. The number of carbonyl (C=O) groups excluding carboxylic acids is 1. The van der Waals surface area contributed by atoms with E-state index in [9.17, 15) is 9.90 Å². The molecule has 4 heteroatoms. The van der Waals surface area contributed by atoms with E-state index in [0.717, 1.165) is 41.6 Å². The van der Waals surface area contributed by atoms with Crippen LogP contribution in [0.3, 0.4) is 0 Å². The van der Waals surface area contributed by atoms with Crippen LogP contribution in [0.15, 0.2) is 60.7 Å². The third kappa shape index (κ3) is 2.63. The highest BCUT2D eigenvalue weighted by molar-refractivity contribution is 5.92. The number of amides is 1. The average Bonchev–Trinajstić information content (AvgIpc) is 3.28. The normalized spacial score (nSPS) is 14.1. The second kappa shape index (κ2) is 6.81. The molecule has 0 fully saturated rings. The fraction of sp³-hybridized carbons (Fsp3) is 0.227. The van der Waals surface area contributed by atoms with E-state index in [2.05, 4.69) is 22.0 Å². The zero-order chi connectivity index (χ0) is 18.1. The van der Waals surface area contributed by atoms with Gasteiger partial charge in [0.25, 0.3) is 5.91 Å². The number of nitrogens with one attached hydrogen (secondary N) is 1. The Kier molecular flexibility index (Phi) is 4.35. The van der Waals surface area contributed by atoms with Crippen LogP contribution in [0.1, 0.15) is 23.9 Å². The number of hydrogen-bond acceptors (Lipinski definition) is 2. The van der Waals surface area contributed by atoms with Gasteiger partial charge in [-0.2, -0.15) is 0 Å². The van der Waals surface area contributed by atoms with Gasteiger partial charge in [-0.25, -0.2) is 0 Å². The Balaban J connectivity index is 2.04. The van der Waals surface area contributed by atoms with Crippen LogP contribution in [0.5, 0.6) is 0 Å². The van der Waals surface area contributed by atoms with Crippen molar-refractivity contribution in [3.05, 3.63) is 72.1 Å². The van der Waals surface area contributed by atoms with Crippen molar-refractivity contribution in [3.63, 3.8) is 0 Å².